The normalized spacial score (nSPS) is 23.8. The van der Waals surface area contributed by atoms with Gasteiger partial charge in [-0.25, -0.2) is 0 Å². The Morgan fingerprint density at radius 2 is 1.70 bits per heavy atom. The predicted molar refractivity (Wildman–Crippen MR) is 124 cm³/mol. The van der Waals surface area contributed by atoms with Crippen LogP contribution in [0.1, 0.15) is 41.6 Å². The summed E-state index contributed by atoms with van der Waals surface area (Å²) in [5.74, 6) is -0.399. The molecule has 9 nitrogen and oxygen atoms in total. The quantitative estimate of drug-likeness (QED) is 0.618. The molecular weight excluding hydrogens is 446 g/mol. The third-order valence-corrected chi connectivity index (χ3v) is 7.15. The number of piperidine rings is 2. The van der Waals surface area contributed by atoms with Gasteiger partial charge >= 0.3 is 0 Å². The maximum absolute atomic E-state index is 12.9. The molecule has 3 saturated heterocycles. The molecule has 5 rings (SSSR count). The second-order valence-electron chi connectivity index (χ2n) is 9.08. The molecule has 4 amide bonds. The number of nitrogens with one attached hydrogen (secondary N) is 2. The van der Waals surface area contributed by atoms with Crippen molar-refractivity contribution in [2.75, 3.05) is 44.2 Å². The number of amides is 4. The van der Waals surface area contributed by atoms with Crippen LogP contribution in [0, 0.1) is 5.92 Å². The zero-order valence-electron chi connectivity index (χ0n) is 18.5. The molecule has 4 heterocycles. The molecule has 3 fully saturated rings. The van der Waals surface area contributed by atoms with Gasteiger partial charge in [-0.15, -0.1) is 12.4 Å². The van der Waals surface area contributed by atoms with Crippen molar-refractivity contribution in [2.45, 2.75) is 38.3 Å². The maximum Gasteiger partial charge on any atom is 0.255 e. The molecule has 0 bridgehead atoms. The lowest BCUT2D eigenvalue weighted by molar-refractivity contribution is -0.137. The Balaban J connectivity index is 0.00000259. The lowest BCUT2D eigenvalue weighted by Crippen LogP contribution is -2.52. The van der Waals surface area contributed by atoms with Crippen LogP contribution in [0.5, 0.6) is 0 Å². The zero-order chi connectivity index (χ0) is 22.2. The van der Waals surface area contributed by atoms with E-state index < -0.39 is 11.9 Å². The molecule has 10 heteroatoms. The molecule has 33 heavy (non-hydrogen) atoms. The average Bonchev–Trinajstić information content (AvgIpc) is 3.15. The number of carbonyl (C=O) groups is 4. The van der Waals surface area contributed by atoms with Gasteiger partial charge in [-0.2, -0.15) is 0 Å². The van der Waals surface area contributed by atoms with E-state index in [-0.39, 0.29) is 42.5 Å². The lowest BCUT2D eigenvalue weighted by atomic mass is 9.96. The smallest absolute Gasteiger partial charge is 0.255 e. The molecule has 1 aromatic carbocycles. The summed E-state index contributed by atoms with van der Waals surface area (Å²) in [6, 6.07) is 5.23. The van der Waals surface area contributed by atoms with Crippen molar-refractivity contribution in [3.63, 3.8) is 0 Å². The van der Waals surface area contributed by atoms with Crippen LogP contribution in [0.3, 0.4) is 0 Å². The van der Waals surface area contributed by atoms with E-state index in [1.54, 1.807) is 4.90 Å². The van der Waals surface area contributed by atoms with Crippen molar-refractivity contribution in [1.29, 1.82) is 0 Å². The Labute approximate surface area is 199 Å². The fourth-order valence-corrected chi connectivity index (χ4v) is 5.27. The van der Waals surface area contributed by atoms with Gasteiger partial charge in [0.1, 0.15) is 6.04 Å². The molecule has 1 unspecified atom stereocenters. The van der Waals surface area contributed by atoms with Crippen LogP contribution in [-0.2, 0) is 20.9 Å². The predicted octanol–water partition coefficient (Wildman–Crippen LogP) is 0.518. The van der Waals surface area contributed by atoms with E-state index in [1.807, 2.05) is 23.1 Å². The van der Waals surface area contributed by atoms with Crippen molar-refractivity contribution in [3.8, 4) is 0 Å². The molecule has 0 radical (unpaired) electrons. The Morgan fingerprint density at radius 1 is 0.970 bits per heavy atom. The van der Waals surface area contributed by atoms with Gasteiger partial charge in [0.15, 0.2) is 0 Å². The molecule has 1 atom stereocenters. The third kappa shape index (κ3) is 4.56. The van der Waals surface area contributed by atoms with Gasteiger partial charge in [-0.3, -0.25) is 24.5 Å². The van der Waals surface area contributed by atoms with Gasteiger partial charge in [0.05, 0.1) is 0 Å². The second kappa shape index (κ2) is 9.69. The van der Waals surface area contributed by atoms with Crippen LogP contribution in [0.2, 0.25) is 0 Å². The number of benzene rings is 1. The highest BCUT2D eigenvalue weighted by molar-refractivity contribution is 6.05. The Bertz CT molecular complexity index is 956. The number of hydrogen-bond donors (Lipinski definition) is 2. The van der Waals surface area contributed by atoms with E-state index in [9.17, 15) is 19.2 Å². The molecule has 0 aliphatic carbocycles. The number of anilines is 1. The SMILES string of the molecule is Cl.O=C1CCC(N2Cc3cc(N4CCN(C(=O)C5CCNCC5)CC4)ccc3C2=O)C(=O)N1. The first-order chi connectivity index (χ1) is 15.5. The highest BCUT2D eigenvalue weighted by atomic mass is 35.5. The summed E-state index contributed by atoms with van der Waals surface area (Å²) in [5, 5.41) is 5.65. The average molecular weight is 476 g/mol. The standard InChI is InChI=1S/C23H29N5O4.ClH/c29-20-4-3-19(21(30)25-20)28-14-16-13-17(1-2-18(16)23(28)32)26-9-11-27(12-10-26)22(31)15-5-7-24-8-6-15;/h1-2,13,15,19,24H,3-12,14H2,(H,25,29,30);1H. The third-order valence-electron chi connectivity index (χ3n) is 7.15. The van der Waals surface area contributed by atoms with Crippen molar-refractivity contribution >= 4 is 41.7 Å². The van der Waals surface area contributed by atoms with Crippen molar-refractivity contribution in [3.05, 3.63) is 29.3 Å². The fraction of sp³-hybridized carbons (Fsp3) is 0.565. The molecular formula is C23H30ClN5O4. The topological polar surface area (TPSA) is 102 Å². The van der Waals surface area contributed by atoms with Crippen molar-refractivity contribution < 1.29 is 19.2 Å². The van der Waals surface area contributed by atoms with Crippen LogP contribution in [0.15, 0.2) is 18.2 Å². The highest BCUT2D eigenvalue weighted by Gasteiger charge is 2.39. The molecule has 0 spiro atoms. The maximum atomic E-state index is 12.9. The van der Waals surface area contributed by atoms with Crippen molar-refractivity contribution in [1.82, 2.24) is 20.4 Å². The van der Waals surface area contributed by atoms with E-state index in [0.717, 1.165) is 50.3 Å². The molecule has 1 aromatic rings. The first-order valence-corrected chi connectivity index (χ1v) is 11.5. The number of imide groups is 1. The van der Waals surface area contributed by atoms with E-state index in [2.05, 4.69) is 15.5 Å². The lowest BCUT2D eigenvalue weighted by Gasteiger charge is -2.38. The monoisotopic (exact) mass is 475 g/mol. The molecule has 4 aliphatic heterocycles. The number of nitrogens with zero attached hydrogens (tertiary/aromatic N) is 3. The number of halogens is 1. The van der Waals surface area contributed by atoms with Gasteiger partial charge < -0.3 is 20.0 Å². The largest absolute Gasteiger partial charge is 0.368 e. The fourth-order valence-electron chi connectivity index (χ4n) is 5.27. The van der Waals surface area contributed by atoms with Gasteiger partial charge in [-0.05, 0) is 56.1 Å². The second-order valence-corrected chi connectivity index (χ2v) is 9.08. The van der Waals surface area contributed by atoms with E-state index in [0.29, 0.717) is 31.6 Å². The Morgan fingerprint density at radius 3 is 2.39 bits per heavy atom. The van der Waals surface area contributed by atoms with Gasteiger partial charge in [0, 0.05) is 56.3 Å². The van der Waals surface area contributed by atoms with Gasteiger partial charge in [0.25, 0.3) is 5.91 Å². The minimum Gasteiger partial charge on any atom is -0.368 e. The minimum absolute atomic E-state index is 0. The number of rotatable bonds is 3. The van der Waals surface area contributed by atoms with E-state index in [4.69, 9.17) is 0 Å². The van der Waals surface area contributed by atoms with Crippen LogP contribution >= 0.6 is 12.4 Å². The summed E-state index contributed by atoms with van der Waals surface area (Å²) >= 11 is 0. The summed E-state index contributed by atoms with van der Waals surface area (Å²) in [6.07, 6.45) is 2.45. The summed E-state index contributed by atoms with van der Waals surface area (Å²) in [6.45, 7) is 5.16. The van der Waals surface area contributed by atoms with Crippen LogP contribution in [-0.4, -0.2) is 78.7 Å². The number of hydrogen-bond acceptors (Lipinski definition) is 6. The zero-order valence-corrected chi connectivity index (χ0v) is 19.4. The molecule has 0 aromatic heterocycles. The van der Waals surface area contributed by atoms with E-state index in [1.165, 1.54) is 0 Å². The number of piperazine rings is 1. The summed E-state index contributed by atoms with van der Waals surface area (Å²) in [4.78, 5) is 55.2. The molecule has 2 N–H and O–H groups in total. The number of carbonyl (C=O) groups excluding carboxylic acids is 4. The van der Waals surface area contributed by atoms with Gasteiger partial charge in [-0.1, -0.05) is 0 Å². The van der Waals surface area contributed by atoms with Crippen LogP contribution < -0.4 is 15.5 Å². The van der Waals surface area contributed by atoms with Crippen molar-refractivity contribution in [2.24, 2.45) is 5.92 Å². The first-order valence-electron chi connectivity index (χ1n) is 11.5. The minimum atomic E-state index is -0.597. The first kappa shape index (κ1) is 23.5. The summed E-state index contributed by atoms with van der Waals surface area (Å²) in [5.41, 5.74) is 2.57. The summed E-state index contributed by atoms with van der Waals surface area (Å²) < 4.78 is 0. The summed E-state index contributed by atoms with van der Waals surface area (Å²) in [7, 11) is 0. The molecule has 4 aliphatic rings. The Kier molecular flexibility index (Phi) is 6.90. The van der Waals surface area contributed by atoms with Gasteiger partial charge in [0.2, 0.25) is 17.7 Å². The van der Waals surface area contributed by atoms with Crippen LogP contribution in [0.25, 0.3) is 0 Å². The molecule has 0 saturated carbocycles. The van der Waals surface area contributed by atoms with E-state index >= 15 is 0 Å². The Hall–Kier alpha value is -2.65. The number of fused-ring (bicyclic) bond motifs is 1. The van der Waals surface area contributed by atoms with Crippen LogP contribution in [0.4, 0.5) is 5.69 Å². The molecule has 178 valence electrons. The highest BCUT2D eigenvalue weighted by Crippen LogP contribution is 2.31.